The van der Waals surface area contributed by atoms with Crippen molar-refractivity contribution in [3.8, 4) is 0 Å². The van der Waals surface area contributed by atoms with Crippen LogP contribution in [0.2, 0.25) is 0 Å². The Balaban J connectivity index is 2.05. The molecule has 0 amide bonds. The fourth-order valence-corrected chi connectivity index (χ4v) is 3.22. The molecule has 1 aliphatic carbocycles. The first kappa shape index (κ1) is 15.2. The molecule has 0 saturated heterocycles. The SMILES string of the molecule is Cc1ccc(NC2CCCC(C)(C)CC2)cc1N(C)C. The summed E-state index contributed by atoms with van der Waals surface area (Å²) in [5.41, 5.74) is 4.44. The molecule has 1 N–H and O–H groups in total. The molecule has 20 heavy (non-hydrogen) atoms. The third-order valence-corrected chi connectivity index (χ3v) is 4.64. The predicted octanol–water partition coefficient (Wildman–Crippen LogP) is 4.83. The van der Waals surface area contributed by atoms with Gasteiger partial charge in [0.1, 0.15) is 0 Å². The highest BCUT2D eigenvalue weighted by atomic mass is 15.1. The number of nitrogens with one attached hydrogen (secondary N) is 1. The molecule has 0 spiro atoms. The summed E-state index contributed by atoms with van der Waals surface area (Å²) in [6.07, 6.45) is 6.63. The summed E-state index contributed by atoms with van der Waals surface area (Å²) in [5, 5.41) is 3.75. The van der Waals surface area contributed by atoms with E-state index in [0.717, 1.165) is 0 Å². The van der Waals surface area contributed by atoms with Gasteiger partial charge < -0.3 is 10.2 Å². The number of anilines is 2. The zero-order valence-electron chi connectivity index (χ0n) is 13.8. The molecule has 1 aromatic rings. The van der Waals surface area contributed by atoms with Crippen LogP contribution in [-0.4, -0.2) is 20.1 Å². The van der Waals surface area contributed by atoms with Gasteiger partial charge in [0.05, 0.1) is 0 Å². The van der Waals surface area contributed by atoms with Crippen LogP contribution in [0.1, 0.15) is 51.5 Å². The molecule has 0 radical (unpaired) electrons. The third-order valence-electron chi connectivity index (χ3n) is 4.64. The number of benzene rings is 1. The maximum absolute atomic E-state index is 3.75. The normalized spacial score (nSPS) is 22.1. The van der Waals surface area contributed by atoms with Crippen molar-refractivity contribution in [3.05, 3.63) is 23.8 Å². The molecular formula is C18H30N2. The summed E-state index contributed by atoms with van der Waals surface area (Å²) >= 11 is 0. The van der Waals surface area contributed by atoms with Crippen LogP contribution < -0.4 is 10.2 Å². The van der Waals surface area contributed by atoms with Crippen LogP contribution in [0.25, 0.3) is 0 Å². The van der Waals surface area contributed by atoms with E-state index in [2.05, 4.69) is 63.3 Å². The van der Waals surface area contributed by atoms with Crippen LogP contribution in [-0.2, 0) is 0 Å². The largest absolute Gasteiger partial charge is 0.382 e. The molecule has 0 aromatic heterocycles. The van der Waals surface area contributed by atoms with Crippen molar-refractivity contribution in [1.82, 2.24) is 0 Å². The first-order valence-corrected chi connectivity index (χ1v) is 7.92. The Bertz CT molecular complexity index is 449. The minimum Gasteiger partial charge on any atom is -0.382 e. The van der Waals surface area contributed by atoms with Gasteiger partial charge in [-0.2, -0.15) is 0 Å². The Morgan fingerprint density at radius 2 is 1.90 bits per heavy atom. The molecule has 112 valence electrons. The minimum atomic E-state index is 0.526. The van der Waals surface area contributed by atoms with E-state index in [9.17, 15) is 0 Å². The van der Waals surface area contributed by atoms with E-state index in [1.807, 2.05) is 0 Å². The number of aryl methyl sites for hydroxylation is 1. The zero-order chi connectivity index (χ0) is 14.8. The average molecular weight is 274 g/mol. The van der Waals surface area contributed by atoms with Gasteiger partial charge in [0.2, 0.25) is 0 Å². The Hall–Kier alpha value is -1.18. The average Bonchev–Trinajstić information content (AvgIpc) is 2.53. The van der Waals surface area contributed by atoms with Gasteiger partial charge in [-0.25, -0.2) is 0 Å². The van der Waals surface area contributed by atoms with Gasteiger partial charge in [0.25, 0.3) is 0 Å². The lowest BCUT2D eigenvalue weighted by molar-refractivity contribution is 0.313. The molecule has 1 aromatic carbocycles. The number of hydrogen-bond acceptors (Lipinski definition) is 2. The maximum Gasteiger partial charge on any atom is 0.0411 e. The maximum atomic E-state index is 3.75. The van der Waals surface area contributed by atoms with Crippen LogP contribution in [0.15, 0.2) is 18.2 Å². The molecule has 1 saturated carbocycles. The Kier molecular flexibility index (Phi) is 4.62. The summed E-state index contributed by atoms with van der Waals surface area (Å²) in [6, 6.07) is 7.36. The van der Waals surface area contributed by atoms with E-state index in [4.69, 9.17) is 0 Å². The summed E-state index contributed by atoms with van der Waals surface area (Å²) in [6.45, 7) is 6.99. The fourth-order valence-electron chi connectivity index (χ4n) is 3.22. The van der Waals surface area contributed by atoms with Crippen molar-refractivity contribution < 1.29 is 0 Å². The second kappa shape index (κ2) is 6.07. The fraction of sp³-hybridized carbons (Fsp3) is 0.667. The third kappa shape index (κ3) is 3.91. The second-order valence-electron chi connectivity index (χ2n) is 7.33. The lowest BCUT2D eigenvalue weighted by Gasteiger charge is -2.23. The van der Waals surface area contributed by atoms with E-state index in [1.54, 1.807) is 0 Å². The number of nitrogens with zero attached hydrogens (tertiary/aromatic N) is 1. The topological polar surface area (TPSA) is 15.3 Å². The van der Waals surface area contributed by atoms with Crippen LogP contribution in [0.4, 0.5) is 11.4 Å². The van der Waals surface area contributed by atoms with Gasteiger partial charge in [-0.15, -0.1) is 0 Å². The van der Waals surface area contributed by atoms with Crippen LogP contribution in [0.3, 0.4) is 0 Å². The van der Waals surface area contributed by atoms with E-state index >= 15 is 0 Å². The highest BCUT2D eigenvalue weighted by Crippen LogP contribution is 2.35. The lowest BCUT2D eigenvalue weighted by atomic mass is 9.85. The van der Waals surface area contributed by atoms with Crippen molar-refractivity contribution >= 4 is 11.4 Å². The minimum absolute atomic E-state index is 0.526. The summed E-state index contributed by atoms with van der Waals surface area (Å²) < 4.78 is 0. The summed E-state index contributed by atoms with van der Waals surface area (Å²) in [7, 11) is 4.22. The molecular weight excluding hydrogens is 244 g/mol. The van der Waals surface area contributed by atoms with Gasteiger partial charge in [-0.3, -0.25) is 0 Å². The number of rotatable bonds is 3. The standard InChI is InChI=1S/C18H30N2/c1-14-8-9-16(13-17(14)20(4)5)19-15-7-6-11-18(2,3)12-10-15/h8-9,13,15,19H,6-7,10-12H2,1-5H3. The van der Waals surface area contributed by atoms with E-state index in [0.29, 0.717) is 11.5 Å². The predicted molar refractivity (Wildman–Crippen MR) is 89.8 cm³/mol. The summed E-state index contributed by atoms with van der Waals surface area (Å²) in [4.78, 5) is 2.19. The van der Waals surface area contributed by atoms with Gasteiger partial charge in [-0.1, -0.05) is 26.3 Å². The smallest absolute Gasteiger partial charge is 0.0411 e. The van der Waals surface area contributed by atoms with Crippen LogP contribution in [0, 0.1) is 12.3 Å². The van der Waals surface area contributed by atoms with Crippen molar-refractivity contribution in [2.24, 2.45) is 5.41 Å². The van der Waals surface area contributed by atoms with Gasteiger partial charge in [0, 0.05) is 31.5 Å². The highest BCUT2D eigenvalue weighted by Gasteiger charge is 2.24. The lowest BCUT2D eigenvalue weighted by Crippen LogP contribution is -2.19. The Morgan fingerprint density at radius 3 is 2.60 bits per heavy atom. The quantitative estimate of drug-likeness (QED) is 0.794. The summed E-state index contributed by atoms with van der Waals surface area (Å²) in [5.74, 6) is 0. The first-order valence-electron chi connectivity index (χ1n) is 7.92. The van der Waals surface area contributed by atoms with Crippen molar-refractivity contribution in [2.75, 3.05) is 24.3 Å². The molecule has 1 unspecified atom stereocenters. The molecule has 2 nitrogen and oxygen atoms in total. The van der Waals surface area contributed by atoms with Gasteiger partial charge >= 0.3 is 0 Å². The molecule has 1 atom stereocenters. The molecule has 1 fully saturated rings. The molecule has 1 aliphatic rings. The molecule has 0 heterocycles. The van der Waals surface area contributed by atoms with Gasteiger partial charge in [0.15, 0.2) is 0 Å². The van der Waals surface area contributed by atoms with Crippen molar-refractivity contribution in [3.63, 3.8) is 0 Å². The molecule has 2 rings (SSSR count). The second-order valence-corrected chi connectivity index (χ2v) is 7.33. The molecule has 0 aliphatic heterocycles. The van der Waals surface area contributed by atoms with E-state index in [1.165, 1.54) is 49.0 Å². The monoisotopic (exact) mass is 274 g/mol. The van der Waals surface area contributed by atoms with Crippen molar-refractivity contribution in [1.29, 1.82) is 0 Å². The van der Waals surface area contributed by atoms with Gasteiger partial charge in [-0.05, 0) is 55.7 Å². The molecule has 2 heteroatoms. The Labute approximate surface area is 124 Å². The van der Waals surface area contributed by atoms with E-state index < -0.39 is 0 Å². The van der Waals surface area contributed by atoms with Crippen molar-refractivity contribution in [2.45, 2.75) is 58.9 Å². The Morgan fingerprint density at radius 1 is 1.15 bits per heavy atom. The van der Waals surface area contributed by atoms with Crippen LogP contribution >= 0.6 is 0 Å². The number of hydrogen-bond donors (Lipinski definition) is 1. The van der Waals surface area contributed by atoms with Crippen LogP contribution in [0.5, 0.6) is 0 Å². The first-order chi connectivity index (χ1) is 9.37. The zero-order valence-corrected chi connectivity index (χ0v) is 13.8. The molecule has 0 bridgehead atoms. The highest BCUT2D eigenvalue weighted by molar-refractivity contribution is 5.62. The van der Waals surface area contributed by atoms with E-state index in [-0.39, 0.29) is 0 Å².